The Morgan fingerprint density at radius 3 is 2.65 bits per heavy atom. The van der Waals surface area contributed by atoms with Gasteiger partial charge in [-0.05, 0) is 25.2 Å². The zero-order chi connectivity index (χ0) is 13.0. The van der Waals surface area contributed by atoms with E-state index >= 15 is 0 Å². The van der Waals surface area contributed by atoms with Crippen molar-refractivity contribution in [3.05, 3.63) is 0 Å². The average Bonchev–Trinajstić information content (AvgIpc) is 2.62. The molecule has 1 unspecified atom stereocenters. The van der Waals surface area contributed by atoms with Crippen LogP contribution in [-0.2, 0) is 9.59 Å². The van der Waals surface area contributed by atoms with Crippen molar-refractivity contribution in [2.45, 2.75) is 51.6 Å². The van der Waals surface area contributed by atoms with Gasteiger partial charge in [0.25, 0.3) is 0 Å². The molecule has 5 heteroatoms. The lowest BCUT2D eigenvalue weighted by Crippen LogP contribution is -2.47. The summed E-state index contributed by atoms with van der Waals surface area (Å²) in [6, 6.07) is -0.664. The summed E-state index contributed by atoms with van der Waals surface area (Å²) < 4.78 is 0. The molecule has 5 nitrogen and oxygen atoms in total. The molecule has 1 saturated heterocycles. The number of rotatable bonds is 5. The van der Waals surface area contributed by atoms with Crippen molar-refractivity contribution in [2.24, 2.45) is 11.7 Å². The number of carbonyl (C=O) groups is 2. The predicted octanol–water partition coefficient (Wildman–Crippen LogP) is 0.825. The number of amides is 1. The number of nitrogens with two attached hydrogens (primary N) is 1. The molecular formula is C12H22N2O3. The largest absolute Gasteiger partial charge is 0.481 e. The van der Waals surface area contributed by atoms with Gasteiger partial charge in [-0.15, -0.1) is 0 Å². The van der Waals surface area contributed by atoms with E-state index in [2.05, 4.69) is 0 Å². The fraction of sp³-hybridized carbons (Fsp3) is 0.833. The van der Waals surface area contributed by atoms with Crippen LogP contribution < -0.4 is 5.73 Å². The average molecular weight is 242 g/mol. The van der Waals surface area contributed by atoms with Crippen LogP contribution in [0.4, 0.5) is 0 Å². The summed E-state index contributed by atoms with van der Waals surface area (Å²) in [7, 11) is 0. The molecule has 3 N–H and O–H groups in total. The van der Waals surface area contributed by atoms with E-state index in [0.29, 0.717) is 18.9 Å². The normalized spacial score (nSPS) is 21.9. The third-order valence-corrected chi connectivity index (χ3v) is 3.11. The number of hydrogen-bond donors (Lipinski definition) is 2. The summed E-state index contributed by atoms with van der Waals surface area (Å²) in [6.07, 6.45) is 2.32. The molecule has 1 fully saturated rings. The topological polar surface area (TPSA) is 83.6 Å². The van der Waals surface area contributed by atoms with Crippen LogP contribution >= 0.6 is 0 Å². The Balaban J connectivity index is 2.57. The first-order chi connectivity index (χ1) is 7.91. The quantitative estimate of drug-likeness (QED) is 0.747. The first kappa shape index (κ1) is 14.0. The second-order valence-corrected chi connectivity index (χ2v) is 5.16. The lowest BCUT2D eigenvalue weighted by atomic mass is 10.0. The van der Waals surface area contributed by atoms with Gasteiger partial charge in [-0.25, -0.2) is 0 Å². The molecule has 17 heavy (non-hydrogen) atoms. The zero-order valence-electron chi connectivity index (χ0n) is 10.6. The number of carboxylic acids is 1. The summed E-state index contributed by atoms with van der Waals surface area (Å²) >= 11 is 0. The highest BCUT2D eigenvalue weighted by atomic mass is 16.4. The smallest absolute Gasteiger partial charge is 0.305 e. The summed E-state index contributed by atoms with van der Waals surface area (Å²) in [5, 5.41) is 8.79. The highest BCUT2D eigenvalue weighted by Gasteiger charge is 2.32. The van der Waals surface area contributed by atoms with Crippen molar-refractivity contribution in [3.8, 4) is 0 Å². The third-order valence-electron chi connectivity index (χ3n) is 3.11. The Morgan fingerprint density at radius 1 is 1.47 bits per heavy atom. The van der Waals surface area contributed by atoms with Gasteiger partial charge in [-0.1, -0.05) is 13.8 Å². The molecule has 1 aliphatic rings. The van der Waals surface area contributed by atoms with Gasteiger partial charge < -0.3 is 15.7 Å². The van der Waals surface area contributed by atoms with E-state index in [-0.39, 0.29) is 18.4 Å². The second-order valence-electron chi connectivity index (χ2n) is 5.16. The molecule has 1 heterocycles. The molecule has 0 radical (unpaired) electrons. The van der Waals surface area contributed by atoms with E-state index in [4.69, 9.17) is 10.8 Å². The molecule has 0 aromatic rings. The minimum atomic E-state index is -0.855. The third kappa shape index (κ3) is 4.00. The fourth-order valence-electron chi connectivity index (χ4n) is 2.36. The van der Waals surface area contributed by atoms with Gasteiger partial charge >= 0.3 is 5.97 Å². The molecule has 1 rings (SSSR count). The maximum Gasteiger partial charge on any atom is 0.305 e. The summed E-state index contributed by atoms with van der Waals surface area (Å²) in [6.45, 7) is 4.68. The zero-order valence-corrected chi connectivity index (χ0v) is 10.6. The number of hydrogen-bond acceptors (Lipinski definition) is 3. The van der Waals surface area contributed by atoms with Crippen molar-refractivity contribution >= 4 is 11.9 Å². The van der Waals surface area contributed by atoms with Crippen molar-refractivity contribution in [3.63, 3.8) is 0 Å². The van der Waals surface area contributed by atoms with Crippen LogP contribution in [0.1, 0.15) is 39.5 Å². The molecule has 1 amide bonds. The van der Waals surface area contributed by atoms with Gasteiger partial charge in [-0.3, -0.25) is 9.59 Å². The molecule has 0 spiro atoms. The Labute approximate surface area is 102 Å². The number of carboxylic acid groups (broad SMARTS) is 1. The van der Waals surface area contributed by atoms with E-state index in [0.717, 1.165) is 12.8 Å². The Hall–Kier alpha value is -1.10. The van der Waals surface area contributed by atoms with Crippen LogP contribution in [0.2, 0.25) is 0 Å². The first-order valence-corrected chi connectivity index (χ1v) is 6.19. The molecule has 2 atom stereocenters. The van der Waals surface area contributed by atoms with Crippen molar-refractivity contribution in [1.82, 2.24) is 4.90 Å². The maximum absolute atomic E-state index is 12.1. The lowest BCUT2D eigenvalue weighted by molar-refractivity contribution is -0.140. The molecule has 0 aromatic heterocycles. The van der Waals surface area contributed by atoms with Crippen LogP contribution in [0.5, 0.6) is 0 Å². The molecule has 0 bridgehead atoms. The van der Waals surface area contributed by atoms with E-state index in [1.165, 1.54) is 0 Å². The minimum Gasteiger partial charge on any atom is -0.481 e. The molecular weight excluding hydrogens is 220 g/mol. The van der Waals surface area contributed by atoms with Gasteiger partial charge in [0, 0.05) is 12.6 Å². The standard InChI is InChI=1S/C12H22N2O3/c1-8(2)6-10(13)12(17)14-5-3-4-9(14)7-11(15)16/h8-10H,3-7,13H2,1-2H3,(H,15,16)/t9?,10-/m1/s1. The van der Waals surface area contributed by atoms with E-state index in [1.807, 2.05) is 13.8 Å². The Morgan fingerprint density at radius 2 is 2.12 bits per heavy atom. The van der Waals surface area contributed by atoms with E-state index in [1.54, 1.807) is 4.90 Å². The highest BCUT2D eigenvalue weighted by molar-refractivity contribution is 5.82. The maximum atomic E-state index is 12.1. The first-order valence-electron chi connectivity index (χ1n) is 6.19. The van der Waals surface area contributed by atoms with E-state index < -0.39 is 12.0 Å². The van der Waals surface area contributed by atoms with E-state index in [9.17, 15) is 9.59 Å². The fourth-order valence-corrected chi connectivity index (χ4v) is 2.36. The SMILES string of the molecule is CC(C)C[C@@H](N)C(=O)N1CCCC1CC(=O)O. The lowest BCUT2D eigenvalue weighted by Gasteiger charge is -2.27. The number of carbonyl (C=O) groups excluding carboxylic acids is 1. The monoisotopic (exact) mass is 242 g/mol. The van der Waals surface area contributed by atoms with Crippen LogP contribution in [0, 0.1) is 5.92 Å². The second kappa shape index (κ2) is 6.00. The molecule has 0 aliphatic carbocycles. The molecule has 0 saturated carbocycles. The minimum absolute atomic E-state index is 0.0279. The number of likely N-dealkylation sites (tertiary alicyclic amines) is 1. The summed E-state index contributed by atoms with van der Waals surface area (Å²) in [4.78, 5) is 24.4. The summed E-state index contributed by atoms with van der Waals surface area (Å²) in [5.41, 5.74) is 5.85. The number of aliphatic carboxylic acids is 1. The van der Waals surface area contributed by atoms with Gasteiger partial charge in [-0.2, -0.15) is 0 Å². The predicted molar refractivity (Wildman–Crippen MR) is 64.4 cm³/mol. The number of nitrogens with zero attached hydrogens (tertiary/aromatic N) is 1. The molecule has 1 aliphatic heterocycles. The van der Waals surface area contributed by atoms with Crippen molar-refractivity contribution < 1.29 is 14.7 Å². The van der Waals surface area contributed by atoms with Crippen LogP contribution in [-0.4, -0.2) is 40.5 Å². The van der Waals surface area contributed by atoms with Crippen LogP contribution in [0.25, 0.3) is 0 Å². The Bertz CT molecular complexity index is 291. The van der Waals surface area contributed by atoms with Crippen molar-refractivity contribution in [2.75, 3.05) is 6.54 Å². The van der Waals surface area contributed by atoms with Crippen molar-refractivity contribution in [1.29, 1.82) is 0 Å². The summed E-state index contributed by atoms with van der Waals surface area (Å²) in [5.74, 6) is -0.580. The molecule has 0 aromatic carbocycles. The van der Waals surface area contributed by atoms with Gasteiger partial charge in [0.1, 0.15) is 0 Å². The van der Waals surface area contributed by atoms with Gasteiger partial charge in [0.15, 0.2) is 0 Å². The molecule has 98 valence electrons. The van der Waals surface area contributed by atoms with Gasteiger partial charge in [0.05, 0.1) is 12.5 Å². The van der Waals surface area contributed by atoms with Crippen LogP contribution in [0.3, 0.4) is 0 Å². The van der Waals surface area contributed by atoms with Crippen LogP contribution in [0.15, 0.2) is 0 Å². The Kier molecular flexibility index (Phi) is 4.93. The highest BCUT2D eigenvalue weighted by Crippen LogP contribution is 2.21. The van der Waals surface area contributed by atoms with Gasteiger partial charge in [0.2, 0.25) is 5.91 Å².